The van der Waals surface area contributed by atoms with Crippen molar-refractivity contribution in [2.45, 2.75) is 24.8 Å². The third-order valence-electron chi connectivity index (χ3n) is 3.92. The molecule has 0 amide bonds. The number of nitrogens with zero attached hydrogens (tertiary/aromatic N) is 3. The number of hydrogen-bond acceptors (Lipinski definition) is 3. The summed E-state index contributed by atoms with van der Waals surface area (Å²) in [6.07, 6.45) is 4.45. The van der Waals surface area contributed by atoms with Crippen LogP contribution >= 0.6 is 23.2 Å². The van der Waals surface area contributed by atoms with Crippen molar-refractivity contribution < 1.29 is 0 Å². The molecule has 0 spiro atoms. The van der Waals surface area contributed by atoms with E-state index in [-0.39, 0.29) is 0 Å². The van der Waals surface area contributed by atoms with E-state index in [1.54, 1.807) is 0 Å². The topological polar surface area (TPSA) is 19.4 Å². The van der Waals surface area contributed by atoms with Gasteiger partial charge < -0.3 is 4.90 Å². The van der Waals surface area contributed by atoms with Gasteiger partial charge in [-0.3, -0.25) is 4.90 Å². The molecule has 2 fully saturated rings. The largest absolute Gasteiger partial charge is 0.353 e. The van der Waals surface area contributed by atoms with Gasteiger partial charge in [0.25, 0.3) is 0 Å². The van der Waals surface area contributed by atoms with Crippen LogP contribution in [0, 0.1) is 0 Å². The van der Waals surface area contributed by atoms with Crippen LogP contribution in [0.25, 0.3) is 0 Å². The van der Waals surface area contributed by atoms with Gasteiger partial charge in [-0.2, -0.15) is 0 Å². The highest BCUT2D eigenvalue weighted by atomic mass is 35.5. The summed E-state index contributed by atoms with van der Waals surface area (Å²) >= 11 is 12.1. The van der Waals surface area contributed by atoms with E-state index in [9.17, 15) is 0 Å². The highest BCUT2D eigenvalue weighted by Crippen LogP contribution is 2.29. The van der Waals surface area contributed by atoms with Crippen molar-refractivity contribution in [2.24, 2.45) is 0 Å². The number of pyridine rings is 1. The standard InChI is InChI=1S/C13H17Cl2N3/c14-7-10-6-12(15)13(16-8-10)18-5-4-17-3-1-2-11(17)9-18/h6,8,11H,1-5,7,9H2. The number of fused-ring (bicyclic) bond motifs is 1. The zero-order chi connectivity index (χ0) is 12.5. The average molecular weight is 286 g/mol. The third kappa shape index (κ3) is 2.31. The zero-order valence-corrected chi connectivity index (χ0v) is 11.8. The smallest absolute Gasteiger partial charge is 0.147 e. The molecule has 0 N–H and O–H groups in total. The van der Waals surface area contributed by atoms with Crippen molar-refractivity contribution in [1.82, 2.24) is 9.88 Å². The van der Waals surface area contributed by atoms with E-state index in [1.165, 1.54) is 19.4 Å². The summed E-state index contributed by atoms with van der Waals surface area (Å²) in [5.74, 6) is 1.38. The van der Waals surface area contributed by atoms with Crippen molar-refractivity contribution in [1.29, 1.82) is 0 Å². The Morgan fingerprint density at radius 2 is 2.22 bits per heavy atom. The molecular weight excluding hydrogens is 269 g/mol. The molecule has 5 heteroatoms. The van der Waals surface area contributed by atoms with Gasteiger partial charge >= 0.3 is 0 Å². The average Bonchev–Trinajstić information content (AvgIpc) is 2.85. The molecule has 0 saturated carbocycles. The van der Waals surface area contributed by atoms with Gasteiger partial charge in [0.15, 0.2) is 0 Å². The first-order chi connectivity index (χ1) is 8.78. The molecule has 0 bridgehead atoms. The van der Waals surface area contributed by atoms with Crippen LogP contribution in [-0.2, 0) is 5.88 Å². The maximum atomic E-state index is 6.31. The fraction of sp³-hybridized carbons (Fsp3) is 0.615. The minimum absolute atomic E-state index is 0.462. The van der Waals surface area contributed by atoms with Crippen molar-refractivity contribution in [3.63, 3.8) is 0 Å². The Bertz CT molecular complexity index is 438. The highest BCUT2D eigenvalue weighted by molar-refractivity contribution is 6.33. The van der Waals surface area contributed by atoms with Gasteiger partial charge in [0.05, 0.1) is 5.02 Å². The molecule has 3 heterocycles. The monoisotopic (exact) mass is 285 g/mol. The SMILES string of the molecule is ClCc1cnc(N2CCN3CCCC3C2)c(Cl)c1. The molecule has 18 heavy (non-hydrogen) atoms. The van der Waals surface area contributed by atoms with Crippen LogP contribution in [0.2, 0.25) is 5.02 Å². The first kappa shape index (κ1) is 12.5. The van der Waals surface area contributed by atoms with Crippen molar-refractivity contribution in [3.05, 3.63) is 22.8 Å². The maximum absolute atomic E-state index is 6.31. The van der Waals surface area contributed by atoms with Gasteiger partial charge in [-0.15, -0.1) is 11.6 Å². The number of piperazine rings is 1. The molecular formula is C13H17Cl2N3. The van der Waals surface area contributed by atoms with E-state index in [4.69, 9.17) is 23.2 Å². The maximum Gasteiger partial charge on any atom is 0.147 e. The molecule has 2 aliphatic heterocycles. The Hall–Kier alpha value is -0.510. The summed E-state index contributed by atoms with van der Waals surface area (Å²) in [5.41, 5.74) is 0.977. The lowest BCUT2D eigenvalue weighted by Gasteiger charge is -2.38. The van der Waals surface area contributed by atoms with E-state index in [2.05, 4.69) is 14.8 Å². The molecule has 0 aliphatic carbocycles. The lowest BCUT2D eigenvalue weighted by atomic mass is 10.1. The summed E-state index contributed by atoms with van der Waals surface area (Å²) < 4.78 is 0. The minimum Gasteiger partial charge on any atom is -0.353 e. The van der Waals surface area contributed by atoms with Crippen LogP contribution in [0.3, 0.4) is 0 Å². The van der Waals surface area contributed by atoms with E-state index >= 15 is 0 Å². The Morgan fingerprint density at radius 3 is 3.00 bits per heavy atom. The van der Waals surface area contributed by atoms with E-state index in [1.807, 2.05) is 12.3 Å². The van der Waals surface area contributed by atoms with E-state index in [0.717, 1.165) is 36.0 Å². The number of alkyl halides is 1. The van der Waals surface area contributed by atoms with Crippen molar-refractivity contribution in [2.75, 3.05) is 31.1 Å². The van der Waals surface area contributed by atoms with Gasteiger partial charge in [-0.25, -0.2) is 4.98 Å². The van der Waals surface area contributed by atoms with Crippen molar-refractivity contribution in [3.8, 4) is 0 Å². The Kier molecular flexibility index (Phi) is 3.64. The van der Waals surface area contributed by atoms with Crippen LogP contribution < -0.4 is 4.90 Å². The molecule has 1 unspecified atom stereocenters. The van der Waals surface area contributed by atoms with Gasteiger partial charge in [0, 0.05) is 37.8 Å². The van der Waals surface area contributed by atoms with Crippen LogP contribution in [0.1, 0.15) is 18.4 Å². The second-order valence-corrected chi connectivity index (χ2v) is 5.74. The summed E-state index contributed by atoms with van der Waals surface area (Å²) in [7, 11) is 0. The number of anilines is 1. The second kappa shape index (κ2) is 5.24. The van der Waals surface area contributed by atoms with Gasteiger partial charge in [-0.05, 0) is 31.0 Å². The number of hydrogen-bond donors (Lipinski definition) is 0. The fourth-order valence-electron chi connectivity index (χ4n) is 2.96. The molecule has 2 aliphatic rings. The molecule has 0 aromatic carbocycles. The molecule has 98 valence electrons. The van der Waals surface area contributed by atoms with Gasteiger partial charge in [0.1, 0.15) is 5.82 Å². The van der Waals surface area contributed by atoms with Crippen molar-refractivity contribution >= 4 is 29.0 Å². The molecule has 0 radical (unpaired) electrons. The Labute approximate surface area is 118 Å². The summed E-state index contributed by atoms with van der Waals surface area (Å²) in [4.78, 5) is 9.37. The van der Waals surface area contributed by atoms with Crippen LogP contribution in [-0.4, -0.2) is 42.1 Å². The minimum atomic E-state index is 0.462. The molecule has 2 saturated heterocycles. The quantitative estimate of drug-likeness (QED) is 0.779. The van der Waals surface area contributed by atoms with Gasteiger partial charge in [-0.1, -0.05) is 11.6 Å². The second-order valence-electron chi connectivity index (χ2n) is 5.06. The summed E-state index contributed by atoms with van der Waals surface area (Å²) in [6.45, 7) is 4.45. The highest BCUT2D eigenvalue weighted by Gasteiger charge is 2.31. The lowest BCUT2D eigenvalue weighted by molar-refractivity contribution is 0.230. The summed E-state index contributed by atoms with van der Waals surface area (Å²) in [6, 6.07) is 2.61. The normalized spacial score (nSPS) is 24.3. The Morgan fingerprint density at radius 1 is 1.33 bits per heavy atom. The first-order valence-corrected chi connectivity index (χ1v) is 7.38. The third-order valence-corrected chi connectivity index (χ3v) is 4.51. The molecule has 3 nitrogen and oxygen atoms in total. The predicted molar refractivity (Wildman–Crippen MR) is 75.6 cm³/mol. The lowest BCUT2D eigenvalue weighted by Crippen LogP contribution is -2.50. The fourth-order valence-corrected chi connectivity index (χ4v) is 3.41. The van der Waals surface area contributed by atoms with E-state index in [0.29, 0.717) is 11.9 Å². The number of aromatic nitrogens is 1. The Balaban J connectivity index is 1.78. The zero-order valence-electron chi connectivity index (χ0n) is 10.3. The molecule has 3 rings (SSSR count). The summed E-state index contributed by atoms with van der Waals surface area (Å²) in [5, 5.41) is 0.722. The van der Waals surface area contributed by atoms with Crippen LogP contribution in [0.4, 0.5) is 5.82 Å². The molecule has 1 aromatic rings. The van der Waals surface area contributed by atoms with E-state index < -0.39 is 0 Å². The molecule has 1 atom stereocenters. The van der Waals surface area contributed by atoms with Gasteiger partial charge in [0.2, 0.25) is 0 Å². The molecule has 1 aromatic heterocycles. The number of halogens is 2. The number of rotatable bonds is 2. The first-order valence-electron chi connectivity index (χ1n) is 6.47. The van der Waals surface area contributed by atoms with Crippen LogP contribution in [0.5, 0.6) is 0 Å². The predicted octanol–water partition coefficient (Wildman–Crippen LogP) is 2.76. The van der Waals surface area contributed by atoms with Crippen LogP contribution in [0.15, 0.2) is 12.3 Å².